The average molecular weight is 321 g/mol. The highest BCUT2D eigenvalue weighted by atomic mass is 16.6. The molecular formula is C18H15N3O3. The van der Waals surface area contributed by atoms with Crippen molar-refractivity contribution in [2.24, 2.45) is 4.99 Å². The molecule has 0 saturated heterocycles. The lowest BCUT2D eigenvalue weighted by atomic mass is 10.1. The Morgan fingerprint density at radius 3 is 2.54 bits per heavy atom. The van der Waals surface area contributed by atoms with Crippen LogP contribution in [0, 0.1) is 0 Å². The SMILES string of the molecule is CC(=O)Nc1ccc(C2=N/C(=C\c3ccccc3N)C(=O)O2)cc1. The number of anilines is 2. The van der Waals surface area contributed by atoms with Crippen molar-refractivity contribution in [2.45, 2.75) is 6.92 Å². The molecule has 2 aromatic carbocycles. The van der Waals surface area contributed by atoms with Crippen molar-refractivity contribution in [1.29, 1.82) is 0 Å². The lowest BCUT2D eigenvalue weighted by molar-refractivity contribution is -0.129. The van der Waals surface area contributed by atoms with E-state index in [-0.39, 0.29) is 17.5 Å². The summed E-state index contributed by atoms with van der Waals surface area (Å²) in [6.45, 7) is 1.43. The largest absolute Gasteiger partial charge is 0.402 e. The molecule has 6 nitrogen and oxygen atoms in total. The van der Waals surface area contributed by atoms with Crippen LogP contribution in [0.3, 0.4) is 0 Å². The number of carbonyl (C=O) groups is 2. The first kappa shape index (κ1) is 15.5. The molecule has 1 heterocycles. The first-order valence-corrected chi connectivity index (χ1v) is 7.28. The number of amides is 1. The van der Waals surface area contributed by atoms with Crippen LogP contribution < -0.4 is 11.1 Å². The number of nitrogen functional groups attached to an aromatic ring is 1. The van der Waals surface area contributed by atoms with Gasteiger partial charge in [0.2, 0.25) is 11.8 Å². The maximum atomic E-state index is 12.0. The van der Waals surface area contributed by atoms with E-state index in [4.69, 9.17) is 10.5 Å². The first-order valence-electron chi connectivity index (χ1n) is 7.28. The predicted octanol–water partition coefficient (Wildman–Crippen LogP) is 2.57. The van der Waals surface area contributed by atoms with E-state index in [0.717, 1.165) is 0 Å². The Bertz CT molecular complexity index is 867. The molecule has 0 saturated carbocycles. The van der Waals surface area contributed by atoms with Crippen LogP contribution in [0.4, 0.5) is 11.4 Å². The fourth-order valence-corrected chi connectivity index (χ4v) is 2.22. The number of nitrogens with one attached hydrogen (secondary N) is 1. The van der Waals surface area contributed by atoms with Gasteiger partial charge in [0, 0.05) is 23.9 Å². The van der Waals surface area contributed by atoms with E-state index in [1.807, 2.05) is 12.1 Å². The summed E-state index contributed by atoms with van der Waals surface area (Å²) in [5.41, 5.74) is 8.61. The normalized spacial score (nSPS) is 15.1. The van der Waals surface area contributed by atoms with Crippen LogP contribution in [0.1, 0.15) is 18.1 Å². The standard InChI is InChI=1S/C18H15N3O3/c1-11(22)20-14-8-6-12(7-9-14)17-21-16(18(23)24-17)10-13-4-2-3-5-15(13)19/h2-10H,19H2,1H3,(H,20,22)/b16-10-. The number of nitrogens with zero attached hydrogens (tertiary/aromatic N) is 1. The van der Waals surface area contributed by atoms with Gasteiger partial charge in [-0.05, 0) is 42.0 Å². The Kier molecular flexibility index (Phi) is 4.11. The van der Waals surface area contributed by atoms with Crippen molar-refractivity contribution in [1.82, 2.24) is 0 Å². The van der Waals surface area contributed by atoms with E-state index < -0.39 is 5.97 Å². The second-order valence-electron chi connectivity index (χ2n) is 5.22. The second kappa shape index (κ2) is 6.37. The van der Waals surface area contributed by atoms with Gasteiger partial charge in [-0.15, -0.1) is 0 Å². The zero-order valence-electron chi connectivity index (χ0n) is 12.9. The molecule has 2 aromatic rings. The summed E-state index contributed by atoms with van der Waals surface area (Å²) >= 11 is 0. The van der Waals surface area contributed by atoms with Crippen molar-refractivity contribution in [3.8, 4) is 0 Å². The summed E-state index contributed by atoms with van der Waals surface area (Å²) in [6, 6.07) is 14.1. The third-order valence-corrected chi connectivity index (χ3v) is 3.36. The Morgan fingerprint density at radius 2 is 1.88 bits per heavy atom. The minimum absolute atomic E-state index is 0.155. The fourth-order valence-electron chi connectivity index (χ4n) is 2.22. The van der Waals surface area contributed by atoms with Crippen LogP contribution in [0.2, 0.25) is 0 Å². The molecule has 1 aliphatic heterocycles. The molecule has 1 amide bonds. The molecule has 0 fully saturated rings. The molecule has 0 unspecified atom stereocenters. The summed E-state index contributed by atoms with van der Waals surface area (Å²) in [5.74, 6) is -0.465. The highest BCUT2D eigenvalue weighted by molar-refractivity contribution is 6.13. The molecule has 3 N–H and O–H groups in total. The quantitative estimate of drug-likeness (QED) is 0.516. The van der Waals surface area contributed by atoms with Gasteiger partial charge < -0.3 is 15.8 Å². The minimum Gasteiger partial charge on any atom is -0.402 e. The molecule has 0 aromatic heterocycles. The van der Waals surface area contributed by atoms with E-state index in [2.05, 4.69) is 10.3 Å². The van der Waals surface area contributed by atoms with Crippen molar-refractivity contribution in [3.05, 3.63) is 65.4 Å². The molecule has 6 heteroatoms. The Morgan fingerprint density at radius 1 is 1.17 bits per heavy atom. The number of para-hydroxylation sites is 1. The lowest BCUT2D eigenvalue weighted by Gasteiger charge is -2.03. The number of benzene rings is 2. The van der Waals surface area contributed by atoms with Crippen molar-refractivity contribution in [2.75, 3.05) is 11.1 Å². The number of esters is 1. The molecule has 0 atom stereocenters. The third-order valence-electron chi connectivity index (χ3n) is 3.36. The Labute approximate surface area is 138 Å². The molecule has 1 aliphatic rings. The van der Waals surface area contributed by atoms with E-state index >= 15 is 0 Å². The number of hydrogen-bond acceptors (Lipinski definition) is 5. The van der Waals surface area contributed by atoms with Gasteiger partial charge in [-0.2, -0.15) is 0 Å². The highest BCUT2D eigenvalue weighted by Crippen LogP contribution is 2.22. The number of cyclic esters (lactones) is 1. The Hall–Kier alpha value is -3.41. The van der Waals surface area contributed by atoms with Crippen LogP contribution in [-0.4, -0.2) is 17.8 Å². The van der Waals surface area contributed by atoms with Gasteiger partial charge in [0.1, 0.15) is 0 Å². The van der Waals surface area contributed by atoms with Crippen LogP contribution in [0.15, 0.2) is 59.2 Å². The van der Waals surface area contributed by atoms with E-state index in [9.17, 15) is 9.59 Å². The van der Waals surface area contributed by atoms with E-state index in [0.29, 0.717) is 22.5 Å². The van der Waals surface area contributed by atoms with Gasteiger partial charge in [0.05, 0.1) is 0 Å². The van der Waals surface area contributed by atoms with Crippen LogP contribution >= 0.6 is 0 Å². The van der Waals surface area contributed by atoms with Crippen molar-refractivity contribution < 1.29 is 14.3 Å². The maximum absolute atomic E-state index is 12.0. The predicted molar refractivity (Wildman–Crippen MR) is 92.2 cm³/mol. The van der Waals surface area contributed by atoms with Gasteiger partial charge in [-0.25, -0.2) is 9.79 Å². The van der Waals surface area contributed by atoms with Gasteiger partial charge in [-0.3, -0.25) is 4.79 Å². The topological polar surface area (TPSA) is 93.8 Å². The molecule has 0 spiro atoms. The smallest absolute Gasteiger partial charge is 0.363 e. The minimum atomic E-state index is -0.529. The van der Waals surface area contributed by atoms with Crippen LogP contribution in [0.25, 0.3) is 6.08 Å². The summed E-state index contributed by atoms with van der Waals surface area (Å²) in [6.07, 6.45) is 1.59. The number of ether oxygens (including phenoxy) is 1. The van der Waals surface area contributed by atoms with Crippen molar-refractivity contribution in [3.63, 3.8) is 0 Å². The molecule has 120 valence electrons. The highest BCUT2D eigenvalue weighted by Gasteiger charge is 2.24. The molecule has 24 heavy (non-hydrogen) atoms. The number of carbonyl (C=O) groups excluding carboxylic acids is 2. The van der Waals surface area contributed by atoms with Gasteiger partial charge in [-0.1, -0.05) is 18.2 Å². The molecule has 0 radical (unpaired) electrons. The van der Waals surface area contributed by atoms with Gasteiger partial charge in [0.25, 0.3) is 0 Å². The van der Waals surface area contributed by atoms with E-state index in [1.54, 1.807) is 42.5 Å². The lowest BCUT2D eigenvalue weighted by Crippen LogP contribution is -2.07. The summed E-state index contributed by atoms with van der Waals surface area (Å²) < 4.78 is 5.21. The molecular weight excluding hydrogens is 306 g/mol. The summed E-state index contributed by atoms with van der Waals surface area (Å²) in [4.78, 5) is 27.2. The first-order chi connectivity index (χ1) is 11.5. The third kappa shape index (κ3) is 3.33. The number of hydrogen-bond donors (Lipinski definition) is 2. The number of aliphatic imine (C=N–C) groups is 1. The maximum Gasteiger partial charge on any atom is 0.363 e. The summed E-state index contributed by atoms with van der Waals surface area (Å²) in [7, 11) is 0. The molecule has 3 rings (SSSR count). The summed E-state index contributed by atoms with van der Waals surface area (Å²) in [5, 5.41) is 2.67. The fraction of sp³-hybridized carbons (Fsp3) is 0.0556. The van der Waals surface area contributed by atoms with Gasteiger partial charge in [0.15, 0.2) is 5.70 Å². The second-order valence-corrected chi connectivity index (χ2v) is 5.22. The zero-order valence-corrected chi connectivity index (χ0v) is 12.9. The van der Waals surface area contributed by atoms with E-state index in [1.165, 1.54) is 6.92 Å². The Balaban J connectivity index is 1.86. The number of rotatable bonds is 3. The van der Waals surface area contributed by atoms with Crippen molar-refractivity contribution >= 4 is 35.2 Å². The average Bonchev–Trinajstić information content (AvgIpc) is 2.91. The molecule has 0 bridgehead atoms. The van der Waals surface area contributed by atoms with Crippen LogP contribution in [-0.2, 0) is 14.3 Å². The monoisotopic (exact) mass is 321 g/mol. The van der Waals surface area contributed by atoms with Crippen LogP contribution in [0.5, 0.6) is 0 Å². The number of nitrogens with two attached hydrogens (primary N) is 1. The molecule has 0 aliphatic carbocycles. The van der Waals surface area contributed by atoms with Gasteiger partial charge >= 0.3 is 5.97 Å². The zero-order chi connectivity index (χ0) is 17.1.